The summed E-state index contributed by atoms with van der Waals surface area (Å²) < 4.78 is 0. The van der Waals surface area contributed by atoms with Crippen molar-refractivity contribution in [3.8, 4) is 0 Å². The first-order chi connectivity index (χ1) is 15.8. The number of nitrogens with one attached hydrogen (secondary N) is 1. The number of imidazole rings is 1. The van der Waals surface area contributed by atoms with E-state index >= 15 is 0 Å². The predicted molar refractivity (Wildman–Crippen MR) is 128 cm³/mol. The molecule has 1 aliphatic heterocycles. The summed E-state index contributed by atoms with van der Waals surface area (Å²) in [6.45, 7) is 5.35. The number of carbonyl (C=O) groups excluding carboxylic acids is 1. The smallest absolute Gasteiger partial charge is 0.253 e. The number of hydrogen-bond donors (Lipinski definition) is 2. The van der Waals surface area contributed by atoms with E-state index < -0.39 is 5.60 Å². The Morgan fingerprint density at radius 3 is 2.85 bits per heavy atom. The highest BCUT2D eigenvalue weighted by Gasteiger charge is 2.36. The van der Waals surface area contributed by atoms with E-state index in [0.717, 1.165) is 52.2 Å². The largest absolute Gasteiger partial charge is 0.386 e. The molecule has 0 radical (unpaired) electrons. The number of aromatic nitrogens is 4. The fourth-order valence-corrected chi connectivity index (χ4v) is 4.82. The molecule has 0 saturated carbocycles. The number of aromatic amines is 1. The summed E-state index contributed by atoms with van der Waals surface area (Å²) >= 11 is 0. The molecule has 1 aliphatic rings. The van der Waals surface area contributed by atoms with Crippen LogP contribution in [0, 0.1) is 13.8 Å². The Kier molecular flexibility index (Phi) is 5.25. The van der Waals surface area contributed by atoms with Crippen LogP contribution in [0.25, 0.3) is 22.1 Å². The molecule has 0 bridgehead atoms. The van der Waals surface area contributed by atoms with E-state index in [2.05, 4.69) is 19.9 Å². The number of amides is 1. The van der Waals surface area contributed by atoms with Crippen LogP contribution >= 0.6 is 0 Å². The van der Waals surface area contributed by atoms with Gasteiger partial charge in [0.1, 0.15) is 11.3 Å². The van der Waals surface area contributed by atoms with Crippen molar-refractivity contribution in [2.24, 2.45) is 0 Å². The summed E-state index contributed by atoms with van der Waals surface area (Å²) in [5.74, 6) is 0.689. The van der Waals surface area contributed by atoms with Crippen LogP contribution in [0.5, 0.6) is 0 Å². The van der Waals surface area contributed by atoms with Gasteiger partial charge in [-0.1, -0.05) is 0 Å². The molecule has 170 valence electrons. The van der Waals surface area contributed by atoms with Crippen molar-refractivity contribution in [2.75, 3.05) is 31.6 Å². The zero-order chi connectivity index (χ0) is 23.2. The van der Waals surface area contributed by atoms with Gasteiger partial charge in [0, 0.05) is 37.6 Å². The molecule has 4 heterocycles. The van der Waals surface area contributed by atoms with Gasteiger partial charge in [0.05, 0.1) is 34.4 Å². The number of hydrogen-bond acceptors (Lipinski definition) is 6. The van der Waals surface area contributed by atoms with E-state index in [9.17, 15) is 9.90 Å². The third-order valence-electron chi connectivity index (χ3n) is 6.32. The molecule has 0 aliphatic carbocycles. The molecule has 2 N–H and O–H groups in total. The van der Waals surface area contributed by atoms with Crippen LogP contribution in [-0.2, 0) is 0 Å². The average molecular weight is 445 g/mol. The number of aliphatic hydroxyl groups is 1. The maximum atomic E-state index is 13.1. The number of fused-ring (bicyclic) bond motifs is 2. The maximum absolute atomic E-state index is 13.1. The third kappa shape index (κ3) is 4.14. The highest BCUT2D eigenvalue weighted by Crippen LogP contribution is 2.31. The van der Waals surface area contributed by atoms with Crippen LogP contribution in [0.2, 0.25) is 0 Å². The fourth-order valence-electron chi connectivity index (χ4n) is 4.82. The van der Waals surface area contributed by atoms with Crippen molar-refractivity contribution in [1.29, 1.82) is 0 Å². The second-order valence-corrected chi connectivity index (χ2v) is 9.12. The summed E-state index contributed by atoms with van der Waals surface area (Å²) in [5.41, 5.74) is 4.80. The molecule has 1 saturated heterocycles. The van der Waals surface area contributed by atoms with Crippen molar-refractivity contribution < 1.29 is 9.90 Å². The molecule has 1 fully saturated rings. The lowest BCUT2D eigenvalue weighted by Crippen LogP contribution is -2.54. The Hall–Kier alpha value is -3.52. The summed E-state index contributed by atoms with van der Waals surface area (Å²) in [6.07, 6.45) is 3.24. The number of likely N-dealkylation sites (N-methyl/N-ethyl adjacent to an activating group) is 1. The fraction of sp³-hybridized carbons (Fsp3) is 0.360. The minimum Gasteiger partial charge on any atom is -0.386 e. The van der Waals surface area contributed by atoms with E-state index in [1.807, 2.05) is 44.2 Å². The van der Waals surface area contributed by atoms with E-state index in [4.69, 9.17) is 4.98 Å². The molecule has 1 atom stereocenters. The topological polar surface area (TPSA) is 98.2 Å². The number of pyridine rings is 2. The van der Waals surface area contributed by atoms with Gasteiger partial charge in [0.25, 0.3) is 5.91 Å². The average Bonchev–Trinajstić information content (AvgIpc) is 3.17. The molecule has 4 aromatic rings. The zero-order valence-electron chi connectivity index (χ0n) is 19.2. The highest BCUT2D eigenvalue weighted by molar-refractivity contribution is 5.97. The maximum Gasteiger partial charge on any atom is 0.253 e. The third-order valence-corrected chi connectivity index (χ3v) is 6.32. The van der Waals surface area contributed by atoms with Gasteiger partial charge in [-0.3, -0.25) is 9.78 Å². The van der Waals surface area contributed by atoms with Gasteiger partial charge in [0.2, 0.25) is 0 Å². The molecular formula is C25H28N6O2. The lowest BCUT2D eigenvalue weighted by molar-refractivity contribution is 0.0000674. The Morgan fingerprint density at radius 2 is 2.00 bits per heavy atom. The molecule has 1 amide bonds. The van der Waals surface area contributed by atoms with Crippen molar-refractivity contribution in [1.82, 2.24) is 24.8 Å². The van der Waals surface area contributed by atoms with Crippen LogP contribution in [0.4, 0.5) is 5.69 Å². The first-order valence-electron chi connectivity index (χ1n) is 11.2. The van der Waals surface area contributed by atoms with Gasteiger partial charge in [0.15, 0.2) is 0 Å². The second kappa shape index (κ2) is 8.12. The first-order valence-corrected chi connectivity index (χ1v) is 11.2. The molecule has 0 unspecified atom stereocenters. The molecule has 3 aromatic heterocycles. The first kappa shape index (κ1) is 21.3. The zero-order valence-corrected chi connectivity index (χ0v) is 19.2. The van der Waals surface area contributed by atoms with Crippen molar-refractivity contribution in [2.45, 2.75) is 32.3 Å². The van der Waals surface area contributed by atoms with Crippen LogP contribution < -0.4 is 4.90 Å². The van der Waals surface area contributed by atoms with Gasteiger partial charge in [-0.15, -0.1) is 0 Å². The standard InChI is InChI=1S/C25H28N6O2/c1-16-5-7-20-23(27-16)22(9-11-26-20)31-12-4-10-25(33,15-31)14-30(3)24(32)18-6-8-19-21(13-18)29-17(2)28-19/h5-9,11,13,33H,4,10,12,14-15H2,1-3H3,(H,28,29)/t25-/m1/s1. The molecular weight excluding hydrogens is 416 g/mol. The number of piperidine rings is 1. The Labute approximate surface area is 192 Å². The number of rotatable bonds is 4. The SMILES string of the molecule is Cc1ccc2nccc(N3CCC[C@@](O)(CN(C)C(=O)c4ccc5nc(C)[nH]c5c4)C3)c2n1. The number of H-pyrrole nitrogens is 1. The molecule has 0 spiro atoms. The van der Waals surface area contributed by atoms with Crippen molar-refractivity contribution in [3.63, 3.8) is 0 Å². The van der Waals surface area contributed by atoms with Gasteiger partial charge >= 0.3 is 0 Å². The summed E-state index contributed by atoms with van der Waals surface area (Å²) in [5, 5.41) is 11.5. The monoisotopic (exact) mass is 444 g/mol. The highest BCUT2D eigenvalue weighted by atomic mass is 16.3. The van der Waals surface area contributed by atoms with Crippen LogP contribution in [-0.4, -0.2) is 68.1 Å². The molecule has 1 aromatic carbocycles. The van der Waals surface area contributed by atoms with Crippen molar-refractivity contribution in [3.05, 3.63) is 59.7 Å². The van der Waals surface area contributed by atoms with Crippen molar-refractivity contribution >= 4 is 33.7 Å². The number of aryl methyl sites for hydroxylation is 2. The summed E-state index contributed by atoms with van der Waals surface area (Å²) in [7, 11) is 1.74. The summed E-state index contributed by atoms with van der Waals surface area (Å²) in [6, 6.07) is 11.3. The van der Waals surface area contributed by atoms with Gasteiger partial charge in [-0.25, -0.2) is 9.97 Å². The molecule has 8 nitrogen and oxygen atoms in total. The Balaban J connectivity index is 1.35. The number of carbonyl (C=O) groups is 1. The van der Waals surface area contributed by atoms with Crippen LogP contribution in [0.3, 0.4) is 0 Å². The van der Waals surface area contributed by atoms with Gasteiger partial charge in [-0.2, -0.15) is 0 Å². The Morgan fingerprint density at radius 1 is 1.18 bits per heavy atom. The second-order valence-electron chi connectivity index (χ2n) is 9.12. The van der Waals surface area contributed by atoms with Gasteiger partial charge < -0.3 is 19.9 Å². The van der Waals surface area contributed by atoms with E-state index in [0.29, 0.717) is 18.5 Å². The minimum atomic E-state index is -1.02. The number of benzene rings is 1. The lowest BCUT2D eigenvalue weighted by atomic mass is 9.91. The quantitative estimate of drug-likeness (QED) is 0.502. The lowest BCUT2D eigenvalue weighted by Gasteiger charge is -2.42. The van der Waals surface area contributed by atoms with Crippen LogP contribution in [0.15, 0.2) is 42.6 Å². The predicted octanol–water partition coefficient (Wildman–Crippen LogP) is 3.23. The number of anilines is 1. The van der Waals surface area contributed by atoms with Crippen LogP contribution in [0.1, 0.15) is 34.7 Å². The molecule has 8 heteroatoms. The number of β-amino-alcohol motifs (C(OH)–C–C–N with tert-alkyl or cyclic N) is 1. The van der Waals surface area contributed by atoms with Gasteiger partial charge in [-0.05, 0) is 63.1 Å². The van der Waals surface area contributed by atoms with E-state index in [1.54, 1.807) is 24.2 Å². The van der Waals surface area contributed by atoms with E-state index in [-0.39, 0.29) is 12.5 Å². The summed E-state index contributed by atoms with van der Waals surface area (Å²) in [4.78, 5) is 33.6. The van der Waals surface area contributed by atoms with E-state index in [1.165, 1.54) is 0 Å². The molecule has 5 rings (SSSR count). The Bertz CT molecular complexity index is 1350. The minimum absolute atomic E-state index is 0.124. The molecule has 33 heavy (non-hydrogen) atoms. The normalized spacial score (nSPS) is 18.7. The number of nitrogens with zero attached hydrogens (tertiary/aromatic N) is 5.